The zero-order chi connectivity index (χ0) is 26.4. The van der Waals surface area contributed by atoms with E-state index < -0.39 is 23.4 Å². The van der Waals surface area contributed by atoms with Gasteiger partial charge in [0.05, 0.1) is 42.6 Å². The monoisotopic (exact) mass is 521 g/mol. The maximum absolute atomic E-state index is 13.5. The van der Waals surface area contributed by atoms with Crippen molar-refractivity contribution in [3.05, 3.63) is 98.6 Å². The molecule has 3 N–H and O–H groups in total. The standard InChI is InChI=1S/C27H21ClFN3O5/c1-36-16-5-4-15(20(10-16)37-2)12-32-26(34)21-22(27(32)35)25(33)24-17(23(21)30)8-14(11-31-24)7-13-3-6-19(29)18(28)9-13/h3-6,8-11,30,34-35H,7,12H2,1-2H3. The van der Waals surface area contributed by atoms with E-state index in [2.05, 4.69) is 4.98 Å². The molecule has 1 aliphatic carbocycles. The molecule has 0 saturated heterocycles. The first-order chi connectivity index (χ1) is 17.7. The molecule has 0 spiro atoms. The van der Waals surface area contributed by atoms with Gasteiger partial charge in [-0.2, -0.15) is 0 Å². The van der Waals surface area contributed by atoms with Crippen LogP contribution < -0.4 is 9.47 Å². The number of methoxy groups -OCH3 is 2. The Bertz CT molecular complexity index is 1600. The Morgan fingerprint density at radius 3 is 2.49 bits per heavy atom. The molecule has 0 atom stereocenters. The Morgan fingerprint density at radius 1 is 1.03 bits per heavy atom. The molecule has 0 aliphatic heterocycles. The van der Waals surface area contributed by atoms with Gasteiger partial charge in [-0.1, -0.05) is 17.7 Å². The Balaban J connectivity index is 1.53. The van der Waals surface area contributed by atoms with E-state index in [4.69, 9.17) is 26.5 Å². The highest BCUT2D eigenvalue weighted by atomic mass is 35.5. The number of hydrogen-bond acceptors (Lipinski definition) is 7. The summed E-state index contributed by atoms with van der Waals surface area (Å²) in [5.41, 5.74) is 1.79. The average Bonchev–Trinajstić information content (AvgIpc) is 3.14. The molecule has 5 rings (SSSR count). The van der Waals surface area contributed by atoms with E-state index in [0.29, 0.717) is 29.0 Å². The van der Waals surface area contributed by atoms with Crippen LogP contribution in [0.2, 0.25) is 5.02 Å². The largest absolute Gasteiger partial charge is 0.497 e. The number of ketones is 1. The zero-order valence-electron chi connectivity index (χ0n) is 19.8. The van der Waals surface area contributed by atoms with Gasteiger partial charge in [-0.15, -0.1) is 0 Å². The minimum Gasteiger partial charge on any atom is -0.497 e. The van der Waals surface area contributed by atoms with Crippen LogP contribution in [0, 0.1) is 11.2 Å². The Labute approximate surface area is 216 Å². The molecule has 2 heterocycles. The molecule has 2 aromatic carbocycles. The highest BCUT2D eigenvalue weighted by Crippen LogP contribution is 2.41. The first-order valence-electron chi connectivity index (χ1n) is 11.2. The van der Waals surface area contributed by atoms with Gasteiger partial charge in [-0.05, 0) is 47.9 Å². The molecule has 188 valence electrons. The van der Waals surface area contributed by atoms with Crippen LogP contribution in [0.25, 0.3) is 0 Å². The predicted molar refractivity (Wildman–Crippen MR) is 134 cm³/mol. The molecule has 0 unspecified atom stereocenters. The number of halogens is 2. The first-order valence-corrected chi connectivity index (χ1v) is 11.5. The number of carbonyl (C=O) groups is 1. The van der Waals surface area contributed by atoms with Crippen LogP contribution in [0.1, 0.15) is 43.9 Å². The summed E-state index contributed by atoms with van der Waals surface area (Å²) in [6.07, 6.45) is 1.83. The molecule has 0 saturated carbocycles. The summed E-state index contributed by atoms with van der Waals surface area (Å²) in [5, 5.41) is 30.7. The van der Waals surface area contributed by atoms with Gasteiger partial charge in [-0.25, -0.2) is 4.39 Å². The van der Waals surface area contributed by atoms with Crippen molar-refractivity contribution in [2.24, 2.45) is 0 Å². The smallest absolute Gasteiger partial charge is 0.218 e. The number of aromatic nitrogens is 2. The molecule has 2 aromatic heterocycles. The minimum absolute atomic E-state index is 0.00661. The molecule has 10 heteroatoms. The lowest BCUT2D eigenvalue weighted by atomic mass is 9.87. The molecule has 0 radical (unpaired) electrons. The van der Waals surface area contributed by atoms with Crippen LogP contribution in [-0.2, 0) is 13.0 Å². The molecule has 37 heavy (non-hydrogen) atoms. The van der Waals surface area contributed by atoms with E-state index in [9.17, 15) is 19.4 Å². The van der Waals surface area contributed by atoms with E-state index in [0.717, 1.165) is 10.1 Å². The molecular formula is C27H21ClFN3O5. The zero-order valence-corrected chi connectivity index (χ0v) is 20.6. The fourth-order valence-corrected chi connectivity index (χ4v) is 4.67. The SMILES string of the molecule is COc1ccc(Cn2c(O)c3c(c2O)C(=O)c2ncc(Cc4ccc(F)c(Cl)c4)cc2C3=N)c(OC)c1. The fourth-order valence-electron chi connectivity index (χ4n) is 4.46. The van der Waals surface area contributed by atoms with Gasteiger partial charge >= 0.3 is 0 Å². The maximum atomic E-state index is 13.5. The molecule has 0 bridgehead atoms. The van der Waals surface area contributed by atoms with Gasteiger partial charge in [0.1, 0.15) is 23.0 Å². The van der Waals surface area contributed by atoms with Crippen molar-refractivity contribution < 1.29 is 28.9 Å². The maximum Gasteiger partial charge on any atom is 0.218 e. The van der Waals surface area contributed by atoms with Crippen LogP contribution in [-0.4, -0.2) is 45.5 Å². The summed E-state index contributed by atoms with van der Waals surface area (Å²) in [7, 11) is 3.01. The Morgan fingerprint density at radius 2 is 1.78 bits per heavy atom. The average molecular weight is 522 g/mol. The second-order valence-electron chi connectivity index (χ2n) is 8.53. The lowest BCUT2D eigenvalue weighted by molar-refractivity contribution is 0.103. The number of carbonyl (C=O) groups excluding carboxylic acids is 1. The van der Waals surface area contributed by atoms with E-state index in [1.165, 1.54) is 32.5 Å². The van der Waals surface area contributed by atoms with Gasteiger partial charge < -0.3 is 19.7 Å². The van der Waals surface area contributed by atoms with Crippen molar-refractivity contribution in [3.8, 4) is 23.3 Å². The number of hydrogen-bond donors (Lipinski definition) is 3. The number of nitrogens with zero attached hydrogens (tertiary/aromatic N) is 2. The Hall–Kier alpha value is -4.37. The van der Waals surface area contributed by atoms with Gasteiger partial charge in [0.2, 0.25) is 17.5 Å². The van der Waals surface area contributed by atoms with Crippen molar-refractivity contribution in [3.63, 3.8) is 0 Å². The topological polar surface area (TPSA) is 118 Å². The van der Waals surface area contributed by atoms with Crippen LogP contribution in [0.4, 0.5) is 4.39 Å². The van der Waals surface area contributed by atoms with Gasteiger partial charge in [0.25, 0.3) is 0 Å². The summed E-state index contributed by atoms with van der Waals surface area (Å²) in [6, 6.07) is 11.1. The highest BCUT2D eigenvalue weighted by molar-refractivity contribution is 6.31. The summed E-state index contributed by atoms with van der Waals surface area (Å²) < 4.78 is 25.3. The van der Waals surface area contributed by atoms with E-state index >= 15 is 0 Å². The van der Waals surface area contributed by atoms with Crippen LogP contribution >= 0.6 is 11.6 Å². The second-order valence-corrected chi connectivity index (χ2v) is 8.94. The van der Waals surface area contributed by atoms with Crippen molar-refractivity contribution in [1.82, 2.24) is 9.55 Å². The number of ether oxygens (including phenoxy) is 2. The fraction of sp³-hybridized carbons (Fsp3) is 0.148. The number of nitrogens with one attached hydrogen (secondary N) is 1. The van der Waals surface area contributed by atoms with Crippen molar-refractivity contribution in [1.29, 1.82) is 5.41 Å². The lowest BCUT2D eigenvalue weighted by Crippen LogP contribution is -2.21. The van der Waals surface area contributed by atoms with Crippen molar-refractivity contribution in [2.75, 3.05) is 14.2 Å². The van der Waals surface area contributed by atoms with E-state index in [-0.39, 0.29) is 39.7 Å². The number of pyridine rings is 1. The molecular weight excluding hydrogens is 501 g/mol. The molecule has 0 fully saturated rings. The van der Waals surface area contributed by atoms with Crippen molar-refractivity contribution in [2.45, 2.75) is 13.0 Å². The Kier molecular flexibility index (Phi) is 6.08. The summed E-state index contributed by atoms with van der Waals surface area (Å²) >= 11 is 5.88. The van der Waals surface area contributed by atoms with Crippen LogP contribution in [0.5, 0.6) is 23.3 Å². The molecule has 0 amide bonds. The molecule has 8 nitrogen and oxygen atoms in total. The van der Waals surface area contributed by atoms with Crippen molar-refractivity contribution >= 4 is 23.1 Å². The van der Waals surface area contributed by atoms with E-state index in [1.54, 1.807) is 30.3 Å². The first kappa shape index (κ1) is 24.3. The predicted octanol–water partition coefficient (Wildman–Crippen LogP) is 4.70. The third kappa shape index (κ3) is 4.07. The van der Waals surface area contributed by atoms with Crippen LogP contribution in [0.3, 0.4) is 0 Å². The van der Waals surface area contributed by atoms with Gasteiger partial charge in [-0.3, -0.25) is 19.8 Å². The number of rotatable bonds is 6. The summed E-state index contributed by atoms with van der Waals surface area (Å²) in [4.78, 5) is 17.6. The second kappa shape index (κ2) is 9.25. The third-order valence-electron chi connectivity index (χ3n) is 6.33. The quantitative estimate of drug-likeness (QED) is 0.298. The van der Waals surface area contributed by atoms with Crippen LogP contribution in [0.15, 0.2) is 48.7 Å². The third-order valence-corrected chi connectivity index (χ3v) is 6.62. The number of fused-ring (bicyclic) bond motifs is 2. The van der Waals surface area contributed by atoms with Gasteiger partial charge in [0, 0.05) is 23.4 Å². The van der Waals surface area contributed by atoms with Gasteiger partial charge in [0.15, 0.2) is 0 Å². The van der Waals surface area contributed by atoms with E-state index in [1.807, 2.05) is 0 Å². The molecule has 1 aliphatic rings. The molecule has 4 aromatic rings. The summed E-state index contributed by atoms with van der Waals surface area (Å²) in [6.45, 7) is -0.0290. The minimum atomic E-state index is -0.606. The number of aromatic hydroxyl groups is 2. The lowest BCUT2D eigenvalue weighted by Gasteiger charge is -2.16. The summed E-state index contributed by atoms with van der Waals surface area (Å²) in [5.74, 6) is -1.01. The number of benzene rings is 2. The normalized spacial score (nSPS) is 12.3. The highest BCUT2D eigenvalue weighted by Gasteiger charge is 2.38.